The Hall–Kier alpha value is -1.72. The fourth-order valence-electron chi connectivity index (χ4n) is 2.86. The zero-order chi connectivity index (χ0) is 14.5. The first-order valence-corrected chi connectivity index (χ1v) is 7.60. The molecule has 0 aliphatic carbocycles. The van der Waals surface area contributed by atoms with Crippen molar-refractivity contribution >= 4 is 0 Å². The van der Waals surface area contributed by atoms with Gasteiger partial charge in [-0.15, -0.1) is 0 Å². The maximum Gasteiger partial charge on any atom is 0.228 e. The third kappa shape index (κ3) is 3.49. The number of hydrogen-bond donors (Lipinski definition) is 1. The maximum absolute atomic E-state index is 9.42. The van der Waals surface area contributed by atoms with E-state index < -0.39 is 0 Å². The van der Waals surface area contributed by atoms with Crippen LogP contribution in [0, 0.1) is 0 Å². The Morgan fingerprint density at radius 3 is 2.90 bits per heavy atom. The Morgan fingerprint density at radius 2 is 2.10 bits per heavy atom. The number of hydrogen-bond acceptors (Lipinski definition) is 5. The number of benzene rings is 1. The summed E-state index contributed by atoms with van der Waals surface area (Å²) in [5.74, 6) is 1.30. The lowest BCUT2D eigenvalue weighted by molar-refractivity contribution is 0.0893. The molecule has 2 aromatic rings. The Labute approximate surface area is 124 Å². The van der Waals surface area contributed by atoms with Gasteiger partial charge in [-0.05, 0) is 19.4 Å². The molecule has 1 saturated heterocycles. The first kappa shape index (κ1) is 14.2. The van der Waals surface area contributed by atoms with Crippen LogP contribution in [0.2, 0.25) is 0 Å². The first-order chi connectivity index (χ1) is 10.4. The van der Waals surface area contributed by atoms with E-state index in [1.165, 1.54) is 12.8 Å². The van der Waals surface area contributed by atoms with Crippen LogP contribution < -0.4 is 0 Å². The highest BCUT2D eigenvalue weighted by molar-refractivity contribution is 5.53. The monoisotopic (exact) mass is 287 g/mol. The second-order valence-electron chi connectivity index (χ2n) is 5.50. The summed E-state index contributed by atoms with van der Waals surface area (Å²) >= 11 is 0. The van der Waals surface area contributed by atoms with Gasteiger partial charge < -0.3 is 9.63 Å². The van der Waals surface area contributed by atoms with Gasteiger partial charge in [-0.2, -0.15) is 4.98 Å². The van der Waals surface area contributed by atoms with Crippen LogP contribution in [0.25, 0.3) is 11.4 Å². The minimum atomic E-state index is 0.235. The van der Waals surface area contributed by atoms with Crippen molar-refractivity contribution in [1.29, 1.82) is 0 Å². The largest absolute Gasteiger partial charge is 0.395 e. The summed E-state index contributed by atoms with van der Waals surface area (Å²) in [7, 11) is 0. The van der Waals surface area contributed by atoms with Crippen LogP contribution in [0.1, 0.15) is 25.2 Å². The molecule has 0 spiro atoms. The van der Waals surface area contributed by atoms with Crippen LogP contribution >= 0.6 is 0 Å². The molecule has 1 aliphatic rings. The summed E-state index contributed by atoms with van der Waals surface area (Å²) < 4.78 is 5.33. The highest BCUT2D eigenvalue weighted by atomic mass is 16.5. The molecule has 0 saturated carbocycles. The van der Waals surface area contributed by atoms with E-state index in [1.54, 1.807) is 0 Å². The lowest BCUT2D eigenvalue weighted by atomic mass is 10.0. The molecule has 0 amide bonds. The highest BCUT2D eigenvalue weighted by Crippen LogP contribution is 2.18. The van der Waals surface area contributed by atoms with Gasteiger partial charge in [-0.1, -0.05) is 41.9 Å². The highest BCUT2D eigenvalue weighted by Gasteiger charge is 2.21. The quantitative estimate of drug-likeness (QED) is 0.912. The van der Waals surface area contributed by atoms with Gasteiger partial charge in [0.25, 0.3) is 0 Å². The molecule has 3 rings (SSSR count). The molecule has 1 N–H and O–H groups in total. The van der Waals surface area contributed by atoms with Gasteiger partial charge in [0.2, 0.25) is 11.7 Å². The molecule has 1 atom stereocenters. The van der Waals surface area contributed by atoms with Crippen molar-refractivity contribution < 1.29 is 9.63 Å². The van der Waals surface area contributed by atoms with Gasteiger partial charge in [0, 0.05) is 24.6 Å². The molecule has 1 aromatic heterocycles. The fraction of sp³-hybridized carbons (Fsp3) is 0.500. The van der Waals surface area contributed by atoms with Gasteiger partial charge in [-0.25, -0.2) is 0 Å². The predicted molar refractivity (Wildman–Crippen MR) is 79.7 cm³/mol. The fourth-order valence-corrected chi connectivity index (χ4v) is 2.86. The molecular weight excluding hydrogens is 266 g/mol. The summed E-state index contributed by atoms with van der Waals surface area (Å²) in [5.41, 5.74) is 0.971. The topological polar surface area (TPSA) is 62.4 Å². The lowest BCUT2D eigenvalue weighted by Crippen LogP contribution is -2.42. The second kappa shape index (κ2) is 6.83. The number of rotatable bonds is 5. The van der Waals surface area contributed by atoms with Gasteiger partial charge in [0.05, 0.1) is 6.61 Å². The predicted octanol–water partition coefficient (Wildman–Crippen LogP) is 2.13. The van der Waals surface area contributed by atoms with E-state index >= 15 is 0 Å². The van der Waals surface area contributed by atoms with Crippen LogP contribution in [0.15, 0.2) is 34.9 Å². The second-order valence-corrected chi connectivity index (χ2v) is 5.50. The minimum absolute atomic E-state index is 0.235. The number of aromatic nitrogens is 2. The van der Waals surface area contributed by atoms with E-state index in [9.17, 15) is 5.11 Å². The van der Waals surface area contributed by atoms with Crippen LogP contribution in [0.3, 0.4) is 0 Å². The van der Waals surface area contributed by atoms with Crippen molar-refractivity contribution in [2.75, 3.05) is 19.7 Å². The molecule has 1 unspecified atom stereocenters. The van der Waals surface area contributed by atoms with Gasteiger partial charge in [0.1, 0.15) is 0 Å². The SMILES string of the molecule is OCC1CCCCN1CCc1nc(-c2ccccc2)no1. The van der Waals surface area contributed by atoms with Crippen molar-refractivity contribution in [3.8, 4) is 11.4 Å². The number of aliphatic hydroxyl groups is 1. The summed E-state index contributed by atoms with van der Waals surface area (Å²) in [6.45, 7) is 2.14. The molecule has 21 heavy (non-hydrogen) atoms. The van der Waals surface area contributed by atoms with Crippen molar-refractivity contribution in [3.63, 3.8) is 0 Å². The van der Waals surface area contributed by atoms with Crippen LogP contribution in [-0.4, -0.2) is 45.9 Å². The standard InChI is InChI=1S/C16H21N3O2/c20-12-14-8-4-5-10-19(14)11-9-15-17-16(18-21-15)13-6-2-1-3-7-13/h1-3,6-7,14,20H,4-5,8-12H2. The van der Waals surface area contributed by atoms with E-state index in [0.29, 0.717) is 11.7 Å². The Kier molecular flexibility index (Phi) is 4.62. The normalized spacial score (nSPS) is 19.8. The third-order valence-electron chi connectivity index (χ3n) is 4.07. The Bertz CT molecular complexity index is 556. The van der Waals surface area contributed by atoms with Crippen molar-refractivity contribution in [3.05, 3.63) is 36.2 Å². The van der Waals surface area contributed by atoms with E-state index in [-0.39, 0.29) is 12.6 Å². The van der Waals surface area contributed by atoms with Crippen LogP contribution in [0.5, 0.6) is 0 Å². The van der Waals surface area contributed by atoms with Crippen molar-refractivity contribution in [1.82, 2.24) is 15.0 Å². The Balaban J connectivity index is 1.60. The summed E-state index contributed by atoms with van der Waals surface area (Å²) in [4.78, 5) is 6.78. The molecule has 112 valence electrons. The average molecular weight is 287 g/mol. The van der Waals surface area contributed by atoms with Crippen LogP contribution in [0.4, 0.5) is 0 Å². The molecule has 5 heteroatoms. The van der Waals surface area contributed by atoms with E-state index in [0.717, 1.165) is 31.5 Å². The number of aliphatic hydroxyl groups excluding tert-OH is 1. The zero-order valence-corrected chi connectivity index (χ0v) is 12.1. The molecule has 1 aliphatic heterocycles. The summed E-state index contributed by atoms with van der Waals surface area (Å²) in [5, 5.41) is 13.5. The Morgan fingerprint density at radius 1 is 1.24 bits per heavy atom. The molecule has 1 fully saturated rings. The van der Waals surface area contributed by atoms with Crippen molar-refractivity contribution in [2.24, 2.45) is 0 Å². The first-order valence-electron chi connectivity index (χ1n) is 7.60. The molecule has 1 aromatic carbocycles. The zero-order valence-electron chi connectivity index (χ0n) is 12.1. The van der Waals surface area contributed by atoms with E-state index in [4.69, 9.17) is 4.52 Å². The minimum Gasteiger partial charge on any atom is -0.395 e. The summed E-state index contributed by atoms with van der Waals surface area (Å²) in [6, 6.07) is 10.1. The van der Waals surface area contributed by atoms with Gasteiger partial charge >= 0.3 is 0 Å². The number of nitrogens with zero attached hydrogens (tertiary/aromatic N) is 3. The smallest absolute Gasteiger partial charge is 0.228 e. The van der Waals surface area contributed by atoms with Gasteiger partial charge in [0.15, 0.2) is 0 Å². The summed E-state index contributed by atoms with van der Waals surface area (Å²) in [6.07, 6.45) is 4.22. The van der Waals surface area contributed by atoms with E-state index in [2.05, 4.69) is 15.0 Å². The van der Waals surface area contributed by atoms with E-state index in [1.807, 2.05) is 30.3 Å². The maximum atomic E-state index is 9.42. The lowest BCUT2D eigenvalue weighted by Gasteiger charge is -2.34. The number of piperidine rings is 1. The molecule has 5 nitrogen and oxygen atoms in total. The average Bonchev–Trinajstić information content (AvgIpc) is 3.03. The van der Waals surface area contributed by atoms with Gasteiger partial charge in [-0.3, -0.25) is 4.90 Å². The third-order valence-corrected chi connectivity index (χ3v) is 4.07. The molecule has 2 heterocycles. The van der Waals surface area contributed by atoms with Crippen molar-refractivity contribution in [2.45, 2.75) is 31.7 Å². The molecule has 0 bridgehead atoms. The number of likely N-dealkylation sites (tertiary alicyclic amines) is 1. The molecular formula is C16H21N3O2. The molecule has 0 radical (unpaired) electrons. The van der Waals surface area contributed by atoms with Crippen LogP contribution in [-0.2, 0) is 6.42 Å².